The van der Waals surface area contributed by atoms with Crippen LogP contribution < -0.4 is 0 Å². The number of benzene rings is 1. The van der Waals surface area contributed by atoms with Gasteiger partial charge in [0.15, 0.2) is 0 Å². The first-order valence-electron chi connectivity index (χ1n) is 8.33. The number of rotatable bonds is 3. The highest BCUT2D eigenvalue weighted by molar-refractivity contribution is 7.89. The maximum atomic E-state index is 13.4. The molecule has 2 aliphatic rings. The summed E-state index contributed by atoms with van der Waals surface area (Å²) in [5, 5.41) is 0. The molecule has 0 unspecified atom stereocenters. The van der Waals surface area contributed by atoms with Crippen LogP contribution in [0.3, 0.4) is 0 Å². The number of carbonyl (C=O) groups is 1. The van der Waals surface area contributed by atoms with Gasteiger partial charge in [0.05, 0.1) is 10.3 Å². The van der Waals surface area contributed by atoms with Crippen LogP contribution >= 0.6 is 0 Å². The molecule has 0 aromatic heterocycles. The smallest absolute Gasteiger partial charge is 0.243 e. The van der Waals surface area contributed by atoms with Gasteiger partial charge in [-0.15, -0.1) is 0 Å². The number of piperidine rings is 1. The Kier molecular flexibility index (Phi) is 4.42. The fraction of sp³-hybridized carbons (Fsp3) is 0.588. The van der Waals surface area contributed by atoms with Crippen molar-refractivity contribution in [2.45, 2.75) is 44.0 Å². The summed E-state index contributed by atoms with van der Waals surface area (Å²) in [7, 11) is -3.78. The second-order valence-electron chi connectivity index (χ2n) is 7.02. The average molecular weight is 354 g/mol. The molecule has 0 saturated carbocycles. The third-order valence-electron chi connectivity index (χ3n) is 5.14. The van der Waals surface area contributed by atoms with Gasteiger partial charge in [-0.3, -0.25) is 4.79 Å². The number of likely N-dealkylation sites (tertiary alicyclic amines) is 1. The van der Waals surface area contributed by atoms with Crippen LogP contribution in [0, 0.1) is 11.2 Å². The molecule has 7 heteroatoms. The van der Waals surface area contributed by atoms with E-state index in [1.165, 1.54) is 22.5 Å². The summed E-state index contributed by atoms with van der Waals surface area (Å²) >= 11 is 0. The largest absolute Gasteiger partial charge is 0.340 e. The molecule has 0 bridgehead atoms. The van der Waals surface area contributed by atoms with Gasteiger partial charge in [-0.1, -0.05) is 6.07 Å². The van der Waals surface area contributed by atoms with E-state index in [9.17, 15) is 17.6 Å². The Hall–Kier alpha value is -1.47. The Morgan fingerprint density at radius 3 is 2.62 bits per heavy atom. The lowest BCUT2D eigenvalue weighted by atomic mass is 9.78. The summed E-state index contributed by atoms with van der Waals surface area (Å²) in [6.07, 6.45) is 2.13. The molecule has 2 fully saturated rings. The molecule has 5 nitrogen and oxygen atoms in total. The molecular formula is C17H23FN2O3S. The van der Waals surface area contributed by atoms with E-state index in [1.807, 2.05) is 18.7 Å². The first-order valence-corrected chi connectivity index (χ1v) is 9.77. The third kappa shape index (κ3) is 2.84. The van der Waals surface area contributed by atoms with E-state index in [2.05, 4.69) is 0 Å². The molecule has 24 heavy (non-hydrogen) atoms. The summed E-state index contributed by atoms with van der Waals surface area (Å²) in [5.41, 5.74) is -0.622. The van der Waals surface area contributed by atoms with Gasteiger partial charge < -0.3 is 4.90 Å². The molecule has 0 aliphatic carbocycles. The first kappa shape index (κ1) is 17.4. The SMILES string of the molecule is CC(C)N1CCC[C@]2(CCN(S(=O)(=O)c3cccc(F)c3)C2)C1=O. The summed E-state index contributed by atoms with van der Waals surface area (Å²) in [4.78, 5) is 14.7. The van der Waals surface area contributed by atoms with Crippen LogP contribution in [0.4, 0.5) is 4.39 Å². The Balaban J connectivity index is 1.86. The zero-order valence-electron chi connectivity index (χ0n) is 14.0. The van der Waals surface area contributed by atoms with Crippen molar-refractivity contribution in [3.05, 3.63) is 30.1 Å². The summed E-state index contributed by atoms with van der Waals surface area (Å²) in [6, 6.07) is 5.15. The lowest BCUT2D eigenvalue weighted by molar-refractivity contribution is -0.147. The van der Waals surface area contributed by atoms with Crippen LogP contribution in [0.25, 0.3) is 0 Å². The number of hydrogen-bond acceptors (Lipinski definition) is 3. The molecule has 3 rings (SSSR count). The summed E-state index contributed by atoms with van der Waals surface area (Å²) in [5.74, 6) is -0.523. The minimum Gasteiger partial charge on any atom is -0.340 e. The van der Waals surface area contributed by atoms with Crippen molar-refractivity contribution < 1.29 is 17.6 Å². The predicted molar refractivity (Wildman–Crippen MR) is 88.3 cm³/mol. The molecular weight excluding hydrogens is 331 g/mol. The summed E-state index contributed by atoms with van der Waals surface area (Å²) < 4.78 is 40.3. The molecule has 2 aliphatic heterocycles. The molecule has 1 aromatic carbocycles. The van der Waals surface area contributed by atoms with Gasteiger partial charge in [-0.25, -0.2) is 12.8 Å². The monoisotopic (exact) mass is 354 g/mol. The zero-order chi connectivity index (χ0) is 17.5. The van der Waals surface area contributed by atoms with Crippen molar-refractivity contribution in [1.82, 2.24) is 9.21 Å². The number of sulfonamides is 1. The van der Waals surface area contributed by atoms with Gasteiger partial charge in [0, 0.05) is 25.7 Å². The second-order valence-corrected chi connectivity index (χ2v) is 8.96. The molecule has 132 valence electrons. The molecule has 1 atom stereocenters. The Labute approximate surface area is 142 Å². The fourth-order valence-electron chi connectivity index (χ4n) is 3.79. The topological polar surface area (TPSA) is 57.7 Å². The van der Waals surface area contributed by atoms with Crippen molar-refractivity contribution in [2.24, 2.45) is 5.41 Å². The Morgan fingerprint density at radius 2 is 1.96 bits per heavy atom. The molecule has 1 aromatic rings. The van der Waals surface area contributed by atoms with Crippen molar-refractivity contribution in [1.29, 1.82) is 0 Å². The quantitative estimate of drug-likeness (QED) is 0.836. The third-order valence-corrected chi connectivity index (χ3v) is 6.99. The molecule has 0 radical (unpaired) electrons. The van der Waals surface area contributed by atoms with Gasteiger partial charge in [0.25, 0.3) is 0 Å². The van der Waals surface area contributed by atoms with E-state index in [4.69, 9.17) is 0 Å². The van der Waals surface area contributed by atoms with E-state index in [0.29, 0.717) is 19.4 Å². The molecule has 2 saturated heterocycles. The number of nitrogens with zero attached hydrogens (tertiary/aromatic N) is 2. The average Bonchev–Trinajstić information content (AvgIpc) is 2.96. The molecule has 0 N–H and O–H groups in total. The first-order chi connectivity index (χ1) is 11.3. The Morgan fingerprint density at radius 1 is 1.21 bits per heavy atom. The van der Waals surface area contributed by atoms with E-state index in [1.54, 1.807) is 0 Å². The van der Waals surface area contributed by atoms with E-state index in [-0.39, 0.29) is 23.4 Å². The standard InChI is InChI=1S/C17H23FN2O3S/c1-13(2)20-9-4-7-17(16(20)21)8-10-19(12-17)24(22,23)15-6-3-5-14(18)11-15/h3,5-6,11,13H,4,7-10,12H2,1-2H3/t17-/m1/s1. The van der Waals surface area contributed by atoms with Crippen LogP contribution in [-0.4, -0.2) is 49.2 Å². The van der Waals surface area contributed by atoms with Crippen LogP contribution in [0.5, 0.6) is 0 Å². The highest BCUT2D eigenvalue weighted by Crippen LogP contribution is 2.42. The normalized spacial score (nSPS) is 25.8. The minimum absolute atomic E-state index is 0.0523. The van der Waals surface area contributed by atoms with Crippen molar-refractivity contribution in [2.75, 3.05) is 19.6 Å². The number of carbonyl (C=O) groups excluding carboxylic acids is 1. The second kappa shape index (κ2) is 6.11. The van der Waals surface area contributed by atoms with Gasteiger partial charge >= 0.3 is 0 Å². The number of hydrogen-bond donors (Lipinski definition) is 0. The van der Waals surface area contributed by atoms with Gasteiger partial charge in [-0.05, 0) is 51.3 Å². The van der Waals surface area contributed by atoms with Crippen molar-refractivity contribution in [3.8, 4) is 0 Å². The highest BCUT2D eigenvalue weighted by atomic mass is 32.2. The Bertz CT molecular complexity index is 750. The summed E-state index contributed by atoms with van der Waals surface area (Å²) in [6.45, 7) is 5.18. The maximum Gasteiger partial charge on any atom is 0.243 e. The number of halogens is 1. The number of amides is 1. The molecule has 2 heterocycles. The lowest BCUT2D eigenvalue weighted by Crippen LogP contribution is -2.52. The fourth-order valence-corrected chi connectivity index (χ4v) is 5.35. The van der Waals surface area contributed by atoms with Crippen LogP contribution in [0.2, 0.25) is 0 Å². The maximum absolute atomic E-state index is 13.4. The van der Waals surface area contributed by atoms with Gasteiger partial charge in [0.2, 0.25) is 15.9 Å². The zero-order valence-corrected chi connectivity index (χ0v) is 14.9. The molecule has 1 spiro atoms. The van der Waals surface area contributed by atoms with E-state index < -0.39 is 21.3 Å². The highest BCUT2D eigenvalue weighted by Gasteiger charge is 2.51. The van der Waals surface area contributed by atoms with Crippen molar-refractivity contribution >= 4 is 15.9 Å². The predicted octanol–water partition coefficient (Wildman–Crippen LogP) is 2.24. The van der Waals surface area contributed by atoms with Gasteiger partial charge in [-0.2, -0.15) is 4.31 Å². The molecule has 1 amide bonds. The van der Waals surface area contributed by atoms with E-state index in [0.717, 1.165) is 19.0 Å². The van der Waals surface area contributed by atoms with Crippen LogP contribution in [0.15, 0.2) is 29.2 Å². The van der Waals surface area contributed by atoms with Crippen LogP contribution in [0.1, 0.15) is 33.1 Å². The lowest BCUT2D eigenvalue weighted by Gasteiger charge is -2.41. The van der Waals surface area contributed by atoms with E-state index >= 15 is 0 Å². The van der Waals surface area contributed by atoms with Crippen LogP contribution in [-0.2, 0) is 14.8 Å². The van der Waals surface area contributed by atoms with Crippen molar-refractivity contribution in [3.63, 3.8) is 0 Å². The van der Waals surface area contributed by atoms with Gasteiger partial charge in [0.1, 0.15) is 5.82 Å². The minimum atomic E-state index is -3.78.